The quantitative estimate of drug-likeness (QED) is 0.623. The lowest BCUT2D eigenvalue weighted by Gasteiger charge is -2.15. The van der Waals surface area contributed by atoms with Gasteiger partial charge in [-0.15, -0.1) is 0 Å². The Labute approximate surface area is 156 Å². The van der Waals surface area contributed by atoms with Crippen LogP contribution in [0, 0.1) is 5.82 Å². The molecule has 3 aromatic carbocycles. The summed E-state index contributed by atoms with van der Waals surface area (Å²) in [5.74, 6) is -0.489. The Morgan fingerprint density at radius 2 is 1.59 bits per heavy atom. The van der Waals surface area contributed by atoms with Gasteiger partial charge in [-0.1, -0.05) is 24.3 Å². The molecular formula is C19H17FN2O4S. The van der Waals surface area contributed by atoms with Crippen LogP contribution in [-0.4, -0.2) is 15.5 Å². The van der Waals surface area contributed by atoms with Crippen molar-refractivity contribution in [3.05, 3.63) is 72.5 Å². The maximum absolute atomic E-state index is 14.0. The van der Waals surface area contributed by atoms with Crippen molar-refractivity contribution in [1.29, 1.82) is 0 Å². The number of methoxy groups -OCH3 is 1. The molecule has 27 heavy (non-hydrogen) atoms. The molecule has 0 spiro atoms. The van der Waals surface area contributed by atoms with Crippen molar-refractivity contribution in [3.8, 4) is 17.2 Å². The molecule has 0 saturated carbocycles. The number of sulfonamides is 1. The first kappa shape index (κ1) is 18.5. The van der Waals surface area contributed by atoms with Gasteiger partial charge in [0.2, 0.25) is 0 Å². The molecule has 0 aromatic heterocycles. The lowest BCUT2D eigenvalue weighted by atomic mass is 10.3. The van der Waals surface area contributed by atoms with Crippen LogP contribution in [0.25, 0.3) is 0 Å². The van der Waals surface area contributed by atoms with Crippen LogP contribution in [0.4, 0.5) is 15.8 Å². The molecule has 0 radical (unpaired) electrons. The van der Waals surface area contributed by atoms with Crippen LogP contribution in [0.3, 0.4) is 0 Å². The van der Waals surface area contributed by atoms with E-state index < -0.39 is 15.8 Å². The van der Waals surface area contributed by atoms with E-state index in [1.807, 2.05) is 0 Å². The smallest absolute Gasteiger partial charge is 0.265 e. The Bertz CT molecular complexity index is 1070. The number of nitrogen functional groups attached to an aromatic ring is 1. The number of halogens is 1. The van der Waals surface area contributed by atoms with Gasteiger partial charge in [-0.3, -0.25) is 4.72 Å². The molecule has 140 valence electrons. The highest BCUT2D eigenvalue weighted by Crippen LogP contribution is 2.33. The standard InChI is InChI=1S/C19H17FN2O4S/c1-25-17-7-3-2-6-15(17)22-27(23,24)19-9-5-4-8-18(19)26-16-11-10-13(21)12-14(16)20/h2-12,22H,21H2,1H3. The van der Waals surface area contributed by atoms with Gasteiger partial charge in [0, 0.05) is 11.8 Å². The van der Waals surface area contributed by atoms with E-state index in [1.54, 1.807) is 36.4 Å². The molecule has 3 rings (SSSR count). The average Bonchev–Trinajstić information content (AvgIpc) is 2.64. The van der Waals surface area contributed by atoms with Crippen molar-refractivity contribution >= 4 is 21.4 Å². The largest absolute Gasteiger partial charge is 0.495 e. The van der Waals surface area contributed by atoms with Crippen LogP contribution in [-0.2, 0) is 10.0 Å². The maximum Gasteiger partial charge on any atom is 0.265 e. The van der Waals surface area contributed by atoms with E-state index in [0.29, 0.717) is 5.75 Å². The lowest BCUT2D eigenvalue weighted by molar-refractivity contribution is 0.417. The summed E-state index contributed by atoms with van der Waals surface area (Å²) in [6, 6.07) is 16.4. The minimum Gasteiger partial charge on any atom is -0.495 e. The second-order valence-electron chi connectivity index (χ2n) is 5.54. The Morgan fingerprint density at radius 3 is 2.30 bits per heavy atom. The van der Waals surface area contributed by atoms with Crippen molar-refractivity contribution < 1.29 is 22.3 Å². The van der Waals surface area contributed by atoms with Gasteiger partial charge in [-0.25, -0.2) is 12.8 Å². The molecule has 0 bridgehead atoms. The highest BCUT2D eigenvalue weighted by molar-refractivity contribution is 7.92. The second-order valence-corrected chi connectivity index (χ2v) is 7.20. The van der Waals surface area contributed by atoms with E-state index in [2.05, 4.69) is 4.72 Å². The molecule has 0 aliphatic heterocycles. The maximum atomic E-state index is 14.0. The van der Waals surface area contributed by atoms with Crippen molar-refractivity contribution in [2.24, 2.45) is 0 Å². The number of nitrogens with two attached hydrogens (primary N) is 1. The Kier molecular flexibility index (Phi) is 5.18. The molecule has 3 N–H and O–H groups in total. The molecule has 0 amide bonds. The molecular weight excluding hydrogens is 371 g/mol. The predicted octanol–water partition coefficient (Wildman–Crippen LogP) is 4.01. The fraction of sp³-hybridized carbons (Fsp3) is 0.0526. The Hall–Kier alpha value is -3.26. The van der Waals surface area contributed by atoms with Crippen molar-refractivity contribution in [2.45, 2.75) is 4.90 Å². The number of nitrogens with one attached hydrogen (secondary N) is 1. The number of hydrogen-bond donors (Lipinski definition) is 2. The summed E-state index contributed by atoms with van der Waals surface area (Å²) < 4.78 is 52.9. The van der Waals surface area contributed by atoms with Crippen LogP contribution < -0.4 is 19.9 Å². The van der Waals surface area contributed by atoms with Gasteiger partial charge >= 0.3 is 0 Å². The van der Waals surface area contributed by atoms with Gasteiger partial charge in [-0.2, -0.15) is 0 Å². The highest BCUT2D eigenvalue weighted by Gasteiger charge is 2.22. The van der Waals surface area contributed by atoms with Gasteiger partial charge in [0.25, 0.3) is 10.0 Å². The molecule has 0 unspecified atom stereocenters. The van der Waals surface area contributed by atoms with Gasteiger partial charge in [-0.05, 0) is 36.4 Å². The Balaban J connectivity index is 1.97. The average molecular weight is 388 g/mol. The zero-order chi connectivity index (χ0) is 19.4. The number of benzene rings is 3. The van der Waals surface area contributed by atoms with Gasteiger partial charge in [0.15, 0.2) is 11.6 Å². The molecule has 0 aliphatic carbocycles. The third-order valence-corrected chi connectivity index (χ3v) is 5.07. The van der Waals surface area contributed by atoms with Gasteiger partial charge < -0.3 is 15.2 Å². The first-order valence-electron chi connectivity index (χ1n) is 7.88. The zero-order valence-corrected chi connectivity index (χ0v) is 15.2. The highest BCUT2D eigenvalue weighted by atomic mass is 32.2. The van der Waals surface area contributed by atoms with E-state index in [9.17, 15) is 12.8 Å². The van der Waals surface area contributed by atoms with E-state index in [4.69, 9.17) is 15.2 Å². The molecule has 0 atom stereocenters. The molecule has 6 nitrogen and oxygen atoms in total. The SMILES string of the molecule is COc1ccccc1NS(=O)(=O)c1ccccc1Oc1ccc(N)cc1F. The van der Waals surface area contributed by atoms with Crippen LogP contribution in [0.15, 0.2) is 71.6 Å². The number of rotatable bonds is 6. The van der Waals surface area contributed by atoms with E-state index in [0.717, 1.165) is 6.07 Å². The predicted molar refractivity (Wildman–Crippen MR) is 101 cm³/mol. The van der Waals surface area contributed by atoms with E-state index in [-0.39, 0.29) is 27.8 Å². The zero-order valence-electron chi connectivity index (χ0n) is 14.3. The fourth-order valence-electron chi connectivity index (χ4n) is 2.40. The minimum atomic E-state index is -4.02. The number of anilines is 2. The summed E-state index contributed by atoms with van der Waals surface area (Å²) in [4.78, 5) is -0.146. The molecule has 0 saturated heterocycles. The fourth-order valence-corrected chi connectivity index (χ4v) is 3.60. The molecule has 3 aromatic rings. The summed E-state index contributed by atoms with van der Waals surface area (Å²) >= 11 is 0. The van der Waals surface area contributed by atoms with Gasteiger partial charge in [0.05, 0.1) is 12.8 Å². The monoisotopic (exact) mass is 388 g/mol. The van der Waals surface area contributed by atoms with Crippen LogP contribution >= 0.6 is 0 Å². The van der Waals surface area contributed by atoms with E-state index in [1.165, 1.54) is 31.4 Å². The third kappa shape index (κ3) is 4.12. The van der Waals surface area contributed by atoms with E-state index >= 15 is 0 Å². The first-order valence-corrected chi connectivity index (χ1v) is 9.37. The molecule has 0 heterocycles. The lowest BCUT2D eigenvalue weighted by Crippen LogP contribution is -2.14. The summed E-state index contributed by atoms with van der Waals surface area (Å²) in [6.45, 7) is 0. The topological polar surface area (TPSA) is 90.6 Å². The minimum absolute atomic E-state index is 0.0245. The number of para-hydroxylation sites is 3. The van der Waals surface area contributed by atoms with Crippen molar-refractivity contribution in [2.75, 3.05) is 17.6 Å². The van der Waals surface area contributed by atoms with Crippen molar-refractivity contribution in [3.63, 3.8) is 0 Å². The van der Waals surface area contributed by atoms with Crippen LogP contribution in [0.1, 0.15) is 0 Å². The first-order chi connectivity index (χ1) is 12.9. The second kappa shape index (κ2) is 7.55. The van der Waals surface area contributed by atoms with Gasteiger partial charge in [0.1, 0.15) is 16.4 Å². The molecule has 8 heteroatoms. The normalized spacial score (nSPS) is 11.0. The summed E-state index contributed by atoms with van der Waals surface area (Å²) in [7, 11) is -2.58. The molecule has 0 fully saturated rings. The van der Waals surface area contributed by atoms with Crippen LogP contribution in [0.5, 0.6) is 17.2 Å². The summed E-state index contributed by atoms with van der Waals surface area (Å²) in [5, 5.41) is 0. The summed E-state index contributed by atoms with van der Waals surface area (Å²) in [5.41, 5.74) is 6.03. The number of ether oxygens (including phenoxy) is 2. The Morgan fingerprint density at radius 1 is 0.926 bits per heavy atom. The van der Waals surface area contributed by atoms with Crippen LogP contribution in [0.2, 0.25) is 0 Å². The van der Waals surface area contributed by atoms with Crippen molar-refractivity contribution in [1.82, 2.24) is 0 Å². The number of hydrogen-bond acceptors (Lipinski definition) is 5. The summed E-state index contributed by atoms with van der Waals surface area (Å²) in [6.07, 6.45) is 0. The molecule has 0 aliphatic rings. The third-order valence-electron chi connectivity index (χ3n) is 3.67.